The maximum absolute atomic E-state index is 12.8. The highest BCUT2D eigenvalue weighted by molar-refractivity contribution is 6.15. The standard InChI is InChI=1S/C21H31N3O3/c1-14-8-10-16(11-9-14)24-15(2)18(26)23(19(24)27)12-17(25)22-21(6,7)13-20(3,4)5/h8-11,15H,12-13H2,1-7H3,(H,22,25)/t15-/m1/s1. The number of amides is 4. The van der Waals surface area contributed by atoms with Crippen LogP contribution in [0.15, 0.2) is 24.3 Å². The Balaban J connectivity index is 2.10. The highest BCUT2D eigenvalue weighted by atomic mass is 16.2. The van der Waals surface area contributed by atoms with E-state index < -0.39 is 17.6 Å². The van der Waals surface area contributed by atoms with Crippen LogP contribution < -0.4 is 10.2 Å². The Hall–Kier alpha value is -2.37. The maximum Gasteiger partial charge on any atom is 0.332 e. The van der Waals surface area contributed by atoms with E-state index in [0.717, 1.165) is 16.9 Å². The second-order valence-corrected chi connectivity index (χ2v) is 9.26. The van der Waals surface area contributed by atoms with E-state index in [-0.39, 0.29) is 23.8 Å². The molecule has 1 N–H and O–H groups in total. The van der Waals surface area contributed by atoms with E-state index in [1.807, 2.05) is 45.0 Å². The van der Waals surface area contributed by atoms with Crippen molar-refractivity contribution in [3.8, 4) is 0 Å². The number of imide groups is 1. The molecular formula is C21H31N3O3. The molecule has 1 atom stereocenters. The largest absolute Gasteiger partial charge is 0.350 e. The van der Waals surface area contributed by atoms with Crippen molar-refractivity contribution in [2.24, 2.45) is 5.41 Å². The van der Waals surface area contributed by atoms with E-state index in [0.29, 0.717) is 5.69 Å². The topological polar surface area (TPSA) is 69.7 Å². The van der Waals surface area contributed by atoms with E-state index in [1.54, 1.807) is 6.92 Å². The third-order valence-electron chi connectivity index (χ3n) is 4.51. The number of carbonyl (C=O) groups excluding carboxylic acids is 3. The molecule has 0 aliphatic carbocycles. The summed E-state index contributed by atoms with van der Waals surface area (Å²) < 4.78 is 0. The molecule has 1 aromatic rings. The first-order valence-electron chi connectivity index (χ1n) is 9.33. The lowest BCUT2D eigenvalue weighted by Crippen LogP contribution is -2.50. The van der Waals surface area contributed by atoms with Gasteiger partial charge in [0, 0.05) is 11.2 Å². The van der Waals surface area contributed by atoms with Crippen molar-refractivity contribution in [1.82, 2.24) is 10.2 Å². The zero-order valence-corrected chi connectivity index (χ0v) is 17.4. The van der Waals surface area contributed by atoms with E-state index in [1.165, 1.54) is 4.90 Å². The Kier molecular flexibility index (Phi) is 5.68. The molecule has 0 radical (unpaired) electrons. The minimum atomic E-state index is -0.629. The van der Waals surface area contributed by atoms with Crippen LogP contribution in [0.1, 0.15) is 53.5 Å². The molecule has 2 rings (SSSR count). The van der Waals surface area contributed by atoms with Crippen molar-refractivity contribution in [2.45, 2.75) is 66.5 Å². The summed E-state index contributed by atoms with van der Waals surface area (Å²) in [5.41, 5.74) is 1.35. The summed E-state index contributed by atoms with van der Waals surface area (Å²) in [7, 11) is 0. The monoisotopic (exact) mass is 373 g/mol. The summed E-state index contributed by atoms with van der Waals surface area (Å²) in [4.78, 5) is 40.4. The molecule has 1 aliphatic rings. The van der Waals surface area contributed by atoms with Crippen LogP contribution in [0.2, 0.25) is 0 Å². The fraction of sp³-hybridized carbons (Fsp3) is 0.571. The SMILES string of the molecule is Cc1ccc(N2C(=O)N(CC(=O)NC(C)(C)CC(C)(C)C)C(=O)[C@H]2C)cc1. The molecule has 0 spiro atoms. The van der Waals surface area contributed by atoms with Gasteiger partial charge in [-0.1, -0.05) is 38.5 Å². The molecule has 1 saturated heterocycles. The molecule has 148 valence electrons. The summed E-state index contributed by atoms with van der Waals surface area (Å²) in [6, 6.07) is 6.32. The lowest BCUT2D eigenvalue weighted by atomic mass is 9.82. The van der Waals surface area contributed by atoms with Gasteiger partial charge < -0.3 is 5.32 Å². The first-order valence-corrected chi connectivity index (χ1v) is 9.33. The highest BCUT2D eigenvalue weighted by Gasteiger charge is 2.44. The number of urea groups is 1. The Morgan fingerprint density at radius 3 is 2.15 bits per heavy atom. The summed E-state index contributed by atoms with van der Waals surface area (Å²) in [5, 5.41) is 2.95. The fourth-order valence-electron chi connectivity index (χ4n) is 3.84. The van der Waals surface area contributed by atoms with Crippen LogP contribution in [0, 0.1) is 12.3 Å². The minimum Gasteiger partial charge on any atom is -0.350 e. The quantitative estimate of drug-likeness (QED) is 0.803. The molecule has 4 amide bonds. The van der Waals surface area contributed by atoms with Gasteiger partial charge in [-0.15, -0.1) is 0 Å². The first-order chi connectivity index (χ1) is 12.3. The summed E-state index contributed by atoms with van der Waals surface area (Å²) in [6.45, 7) is 13.6. The van der Waals surface area contributed by atoms with Gasteiger partial charge in [0.25, 0.3) is 5.91 Å². The zero-order chi connectivity index (χ0) is 20.6. The number of benzene rings is 1. The van der Waals surface area contributed by atoms with E-state index in [2.05, 4.69) is 26.1 Å². The normalized spacial score (nSPS) is 18.3. The molecule has 27 heavy (non-hydrogen) atoms. The summed E-state index contributed by atoms with van der Waals surface area (Å²) in [6.07, 6.45) is 0.777. The molecule has 6 heteroatoms. The third-order valence-corrected chi connectivity index (χ3v) is 4.51. The van der Waals surface area contributed by atoms with Gasteiger partial charge >= 0.3 is 6.03 Å². The van der Waals surface area contributed by atoms with Crippen LogP contribution in [-0.4, -0.2) is 40.9 Å². The lowest BCUT2D eigenvalue weighted by Gasteiger charge is -2.33. The van der Waals surface area contributed by atoms with Crippen molar-refractivity contribution in [2.75, 3.05) is 11.4 Å². The fourth-order valence-corrected chi connectivity index (χ4v) is 3.84. The molecule has 0 saturated carbocycles. The molecule has 1 fully saturated rings. The number of hydrogen-bond acceptors (Lipinski definition) is 3. The van der Waals surface area contributed by atoms with Gasteiger partial charge in [0.1, 0.15) is 12.6 Å². The maximum atomic E-state index is 12.8. The van der Waals surface area contributed by atoms with Gasteiger partial charge in [-0.3, -0.25) is 19.4 Å². The smallest absolute Gasteiger partial charge is 0.332 e. The van der Waals surface area contributed by atoms with E-state index >= 15 is 0 Å². The number of aryl methyl sites for hydroxylation is 1. The first kappa shape index (κ1) is 20.9. The molecule has 0 bridgehead atoms. The number of carbonyl (C=O) groups is 3. The Morgan fingerprint density at radius 2 is 1.63 bits per heavy atom. The van der Waals surface area contributed by atoms with Crippen LogP contribution in [0.4, 0.5) is 10.5 Å². The average Bonchev–Trinajstić information content (AvgIpc) is 2.69. The number of nitrogens with zero attached hydrogens (tertiary/aromatic N) is 2. The van der Waals surface area contributed by atoms with Crippen LogP contribution in [0.25, 0.3) is 0 Å². The van der Waals surface area contributed by atoms with E-state index in [4.69, 9.17) is 0 Å². The van der Waals surface area contributed by atoms with Gasteiger partial charge in [0.2, 0.25) is 5.91 Å². The predicted octanol–water partition coefficient (Wildman–Crippen LogP) is 3.48. The molecule has 1 aromatic carbocycles. The second-order valence-electron chi connectivity index (χ2n) is 9.26. The minimum absolute atomic E-state index is 0.0484. The Labute approximate surface area is 161 Å². The summed E-state index contributed by atoms with van der Waals surface area (Å²) >= 11 is 0. The predicted molar refractivity (Wildman–Crippen MR) is 107 cm³/mol. The Bertz CT molecular complexity index is 732. The molecule has 0 aromatic heterocycles. The second kappa shape index (κ2) is 7.33. The van der Waals surface area contributed by atoms with Crippen LogP contribution in [-0.2, 0) is 9.59 Å². The van der Waals surface area contributed by atoms with Crippen molar-refractivity contribution < 1.29 is 14.4 Å². The van der Waals surface area contributed by atoms with Gasteiger partial charge in [0.05, 0.1) is 0 Å². The third kappa shape index (κ3) is 5.08. The lowest BCUT2D eigenvalue weighted by molar-refractivity contribution is -0.132. The number of nitrogens with one attached hydrogen (secondary N) is 1. The van der Waals surface area contributed by atoms with E-state index in [9.17, 15) is 14.4 Å². The van der Waals surface area contributed by atoms with Gasteiger partial charge in [0.15, 0.2) is 0 Å². The number of hydrogen-bond donors (Lipinski definition) is 1. The van der Waals surface area contributed by atoms with Crippen molar-refractivity contribution in [3.63, 3.8) is 0 Å². The van der Waals surface area contributed by atoms with Gasteiger partial charge in [-0.05, 0) is 51.7 Å². The van der Waals surface area contributed by atoms with Crippen LogP contribution in [0.5, 0.6) is 0 Å². The summed E-state index contributed by atoms with van der Waals surface area (Å²) in [5.74, 6) is -0.687. The molecule has 1 aliphatic heterocycles. The number of anilines is 1. The van der Waals surface area contributed by atoms with Crippen LogP contribution >= 0.6 is 0 Å². The highest BCUT2D eigenvalue weighted by Crippen LogP contribution is 2.28. The van der Waals surface area contributed by atoms with Crippen molar-refractivity contribution in [1.29, 1.82) is 0 Å². The van der Waals surface area contributed by atoms with Gasteiger partial charge in [-0.25, -0.2) is 4.79 Å². The van der Waals surface area contributed by atoms with Crippen molar-refractivity contribution in [3.05, 3.63) is 29.8 Å². The average molecular weight is 373 g/mol. The molecule has 1 heterocycles. The zero-order valence-electron chi connectivity index (χ0n) is 17.4. The van der Waals surface area contributed by atoms with Crippen molar-refractivity contribution >= 4 is 23.5 Å². The number of rotatable bonds is 5. The van der Waals surface area contributed by atoms with Crippen LogP contribution in [0.3, 0.4) is 0 Å². The van der Waals surface area contributed by atoms with Gasteiger partial charge in [-0.2, -0.15) is 0 Å². The molecule has 0 unspecified atom stereocenters. The molecular weight excluding hydrogens is 342 g/mol. The molecule has 6 nitrogen and oxygen atoms in total. The Morgan fingerprint density at radius 1 is 1.07 bits per heavy atom.